The summed E-state index contributed by atoms with van der Waals surface area (Å²) in [5.41, 5.74) is 3.22. The van der Waals surface area contributed by atoms with Gasteiger partial charge in [-0.05, 0) is 29.4 Å². The monoisotopic (exact) mass is 419 g/mol. The lowest BCUT2D eigenvalue weighted by Gasteiger charge is -2.18. The second-order valence-corrected chi connectivity index (χ2v) is 9.45. The van der Waals surface area contributed by atoms with Gasteiger partial charge < -0.3 is 10.6 Å². The van der Waals surface area contributed by atoms with Crippen molar-refractivity contribution in [1.82, 2.24) is 10.3 Å². The Morgan fingerprint density at radius 1 is 1.21 bits per heavy atom. The molecule has 0 saturated carbocycles. The van der Waals surface area contributed by atoms with Crippen LogP contribution in [-0.2, 0) is 15.0 Å². The highest BCUT2D eigenvalue weighted by molar-refractivity contribution is 7.98. The summed E-state index contributed by atoms with van der Waals surface area (Å²) in [6, 6.07) is 7.81. The third-order valence-corrected chi connectivity index (χ3v) is 5.77. The minimum atomic E-state index is -0.543. The van der Waals surface area contributed by atoms with E-state index in [0.29, 0.717) is 18.0 Å². The SMILES string of the molecule is CCC(=O)NC(CCSC)C(=O)Nc1nc(-c2ccc(C(C)(C)C)cc2)cs1. The molecule has 0 fully saturated rings. The maximum absolute atomic E-state index is 12.6. The Morgan fingerprint density at radius 3 is 2.46 bits per heavy atom. The fourth-order valence-corrected chi connectivity index (χ4v) is 3.79. The van der Waals surface area contributed by atoms with Gasteiger partial charge in [-0.1, -0.05) is 52.0 Å². The molecule has 2 rings (SSSR count). The van der Waals surface area contributed by atoms with Crippen molar-refractivity contribution >= 4 is 40.0 Å². The Hall–Kier alpha value is -1.86. The number of anilines is 1. The van der Waals surface area contributed by atoms with E-state index in [4.69, 9.17) is 0 Å². The zero-order valence-corrected chi connectivity index (χ0v) is 18.8. The molecule has 0 saturated heterocycles. The minimum Gasteiger partial charge on any atom is -0.344 e. The Bertz CT molecular complexity index is 795. The maximum atomic E-state index is 12.6. The van der Waals surface area contributed by atoms with Gasteiger partial charge in [0.1, 0.15) is 6.04 Å². The fraction of sp³-hybridized carbons (Fsp3) is 0.476. The van der Waals surface area contributed by atoms with Crippen LogP contribution in [0.1, 0.15) is 46.1 Å². The molecule has 1 atom stereocenters. The van der Waals surface area contributed by atoms with E-state index >= 15 is 0 Å². The van der Waals surface area contributed by atoms with Gasteiger partial charge in [-0.15, -0.1) is 11.3 Å². The summed E-state index contributed by atoms with van der Waals surface area (Å²) >= 11 is 3.04. The van der Waals surface area contributed by atoms with E-state index in [2.05, 4.69) is 60.7 Å². The number of rotatable bonds is 8. The molecule has 2 N–H and O–H groups in total. The zero-order chi connectivity index (χ0) is 20.7. The van der Waals surface area contributed by atoms with Gasteiger partial charge in [-0.25, -0.2) is 4.98 Å². The summed E-state index contributed by atoms with van der Waals surface area (Å²) in [7, 11) is 0. The average molecular weight is 420 g/mol. The van der Waals surface area contributed by atoms with Crippen LogP contribution in [0.4, 0.5) is 5.13 Å². The Labute approximate surface area is 175 Å². The van der Waals surface area contributed by atoms with Gasteiger partial charge in [-0.2, -0.15) is 11.8 Å². The van der Waals surface area contributed by atoms with Crippen LogP contribution in [0.5, 0.6) is 0 Å². The molecule has 1 heterocycles. The van der Waals surface area contributed by atoms with Gasteiger partial charge in [0, 0.05) is 17.4 Å². The second kappa shape index (κ2) is 10.1. The van der Waals surface area contributed by atoms with Crippen LogP contribution < -0.4 is 10.6 Å². The smallest absolute Gasteiger partial charge is 0.248 e. The third-order valence-electron chi connectivity index (χ3n) is 4.36. The van der Waals surface area contributed by atoms with Crippen LogP contribution >= 0.6 is 23.1 Å². The predicted molar refractivity (Wildman–Crippen MR) is 120 cm³/mol. The van der Waals surface area contributed by atoms with Gasteiger partial charge in [0.15, 0.2) is 5.13 Å². The first-order chi connectivity index (χ1) is 13.2. The van der Waals surface area contributed by atoms with E-state index in [1.54, 1.807) is 18.7 Å². The van der Waals surface area contributed by atoms with Gasteiger partial charge in [0.25, 0.3) is 0 Å². The molecule has 28 heavy (non-hydrogen) atoms. The molecule has 152 valence electrons. The van der Waals surface area contributed by atoms with E-state index in [9.17, 15) is 9.59 Å². The molecule has 0 radical (unpaired) electrons. The lowest BCUT2D eigenvalue weighted by molar-refractivity contribution is -0.126. The summed E-state index contributed by atoms with van der Waals surface area (Å²) < 4.78 is 0. The number of nitrogens with one attached hydrogen (secondary N) is 2. The highest BCUT2D eigenvalue weighted by Crippen LogP contribution is 2.28. The van der Waals surface area contributed by atoms with Gasteiger partial charge in [0.05, 0.1) is 5.69 Å². The molecular weight excluding hydrogens is 390 g/mol. The van der Waals surface area contributed by atoms with Crippen LogP contribution in [0, 0.1) is 0 Å². The fourth-order valence-electron chi connectivity index (χ4n) is 2.60. The summed E-state index contributed by atoms with van der Waals surface area (Å²) in [5, 5.41) is 8.12. The molecule has 1 unspecified atom stereocenters. The number of carbonyl (C=O) groups excluding carboxylic acids is 2. The number of thiazole rings is 1. The van der Waals surface area contributed by atoms with Crippen molar-refractivity contribution in [3.05, 3.63) is 35.2 Å². The quantitative estimate of drug-likeness (QED) is 0.651. The molecule has 0 aliphatic heterocycles. The molecular formula is C21H29N3O2S2. The van der Waals surface area contributed by atoms with E-state index in [0.717, 1.165) is 17.0 Å². The Kier molecular flexibility index (Phi) is 8.07. The van der Waals surface area contributed by atoms with Gasteiger partial charge in [-0.3, -0.25) is 9.59 Å². The summed E-state index contributed by atoms with van der Waals surface area (Å²) in [6.07, 6.45) is 2.93. The number of aromatic nitrogens is 1. The van der Waals surface area contributed by atoms with Crippen molar-refractivity contribution in [2.45, 2.75) is 52.0 Å². The Balaban J connectivity index is 2.07. The first kappa shape index (κ1) is 22.4. The van der Waals surface area contributed by atoms with Crippen LogP contribution in [0.2, 0.25) is 0 Å². The normalized spacial score (nSPS) is 12.5. The topological polar surface area (TPSA) is 71.1 Å². The molecule has 1 aromatic heterocycles. The van der Waals surface area contributed by atoms with Crippen molar-refractivity contribution in [3.63, 3.8) is 0 Å². The van der Waals surface area contributed by atoms with E-state index < -0.39 is 6.04 Å². The first-order valence-electron chi connectivity index (χ1n) is 9.40. The molecule has 0 aliphatic rings. The number of hydrogen-bond acceptors (Lipinski definition) is 5. The standard InChI is InChI=1S/C21H29N3O2S2/c1-6-18(25)22-16(11-12-27-5)19(26)24-20-23-17(13-28-20)14-7-9-15(10-8-14)21(2,3)4/h7-10,13,16H,6,11-12H2,1-5H3,(H,22,25)(H,23,24,26). The number of hydrogen-bond donors (Lipinski definition) is 2. The van der Waals surface area contributed by atoms with Gasteiger partial charge in [0.2, 0.25) is 11.8 Å². The molecule has 7 heteroatoms. The molecule has 0 bridgehead atoms. The number of carbonyl (C=O) groups is 2. The predicted octanol–water partition coefficient (Wildman–Crippen LogP) is 4.69. The molecule has 1 aromatic carbocycles. The van der Waals surface area contributed by atoms with E-state index in [1.807, 2.05) is 11.6 Å². The van der Waals surface area contributed by atoms with Crippen molar-refractivity contribution in [1.29, 1.82) is 0 Å². The first-order valence-corrected chi connectivity index (χ1v) is 11.7. The van der Waals surface area contributed by atoms with E-state index in [1.165, 1.54) is 16.9 Å². The number of thioether (sulfide) groups is 1. The summed E-state index contributed by atoms with van der Waals surface area (Å²) in [4.78, 5) is 28.9. The van der Waals surface area contributed by atoms with Crippen LogP contribution in [0.3, 0.4) is 0 Å². The lowest BCUT2D eigenvalue weighted by atomic mass is 9.86. The molecule has 2 amide bonds. The number of nitrogens with zero attached hydrogens (tertiary/aromatic N) is 1. The largest absolute Gasteiger partial charge is 0.344 e. The molecule has 2 aromatic rings. The number of benzene rings is 1. The van der Waals surface area contributed by atoms with Crippen molar-refractivity contribution in [2.24, 2.45) is 0 Å². The summed E-state index contributed by atoms with van der Waals surface area (Å²) in [6.45, 7) is 8.33. The van der Waals surface area contributed by atoms with Crippen molar-refractivity contribution in [2.75, 3.05) is 17.3 Å². The third kappa shape index (κ3) is 6.34. The molecule has 0 aliphatic carbocycles. The van der Waals surface area contributed by atoms with Crippen LogP contribution in [0.15, 0.2) is 29.6 Å². The Morgan fingerprint density at radius 2 is 1.89 bits per heavy atom. The van der Waals surface area contributed by atoms with Crippen molar-refractivity contribution < 1.29 is 9.59 Å². The molecule has 5 nitrogen and oxygen atoms in total. The highest BCUT2D eigenvalue weighted by Gasteiger charge is 2.21. The number of amides is 2. The maximum Gasteiger partial charge on any atom is 0.248 e. The lowest BCUT2D eigenvalue weighted by Crippen LogP contribution is -2.43. The van der Waals surface area contributed by atoms with Gasteiger partial charge >= 0.3 is 0 Å². The van der Waals surface area contributed by atoms with Crippen LogP contribution in [-0.4, -0.2) is 34.8 Å². The van der Waals surface area contributed by atoms with E-state index in [-0.39, 0.29) is 17.2 Å². The zero-order valence-electron chi connectivity index (χ0n) is 17.2. The average Bonchev–Trinajstić information content (AvgIpc) is 3.12. The minimum absolute atomic E-state index is 0.106. The van der Waals surface area contributed by atoms with Crippen molar-refractivity contribution in [3.8, 4) is 11.3 Å². The van der Waals surface area contributed by atoms with Crippen LogP contribution in [0.25, 0.3) is 11.3 Å². The second-order valence-electron chi connectivity index (χ2n) is 7.61. The molecule has 0 spiro atoms. The highest BCUT2D eigenvalue weighted by atomic mass is 32.2. The summed E-state index contributed by atoms with van der Waals surface area (Å²) in [5.74, 6) is 0.450.